The molecule has 0 aromatic carbocycles. The lowest BCUT2D eigenvalue weighted by Crippen LogP contribution is -2.51. The molecule has 2 aliphatic carbocycles. The molecule has 1 atom stereocenters. The lowest BCUT2D eigenvalue weighted by Gasteiger charge is -2.28. The molecule has 2 saturated carbocycles. The number of rotatable bonds is 9. The second-order valence-electron chi connectivity index (χ2n) is 6.47. The van der Waals surface area contributed by atoms with Crippen LogP contribution in [0.25, 0.3) is 0 Å². The van der Waals surface area contributed by atoms with E-state index in [1.54, 1.807) is 0 Å². The van der Waals surface area contributed by atoms with E-state index in [1.165, 1.54) is 18.3 Å². The fourth-order valence-corrected chi connectivity index (χ4v) is 3.21. The molecule has 7 heteroatoms. The van der Waals surface area contributed by atoms with E-state index in [9.17, 15) is 9.59 Å². The normalized spacial score (nSPS) is 19.4. The molecule has 0 aromatic heterocycles. The Morgan fingerprint density at radius 2 is 1.87 bits per heavy atom. The Labute approximate surface area is 137 Å². The maximum atomic E-state index is 12.5. The van der Waals surface area contributed by atoms with Crippen LogP contribution in [0.3, 0.4) is 0 Å². The van der Waals surface area contributed by atoms with Crippen LogP contribution in [0.2, 0.25) is 0 Å². The molecule has 130 valence electrons. The van der Waals surface area contributed by atoms with Crippen molar-refractivity contribution in [1.29, 1.82) is 0 Å². The summed E-state index contributed by atoms with van der Waals surface area (Å²) in [7, 11) is 1.35. The van der Waals surface area contributed by atoms with Gasteiger partial charge in [-0.1, -0.05) is 6.92 Å². The molecule has 0 aliphatic heterocycles. The van der Waals surface area contributed by atoms with E-state index in [0.717, 1.165) is 32.1 Å². The average Bonchev–Trinajstić information content (AvgIpc) is 3.40. The second-order valence-corrected chi connectivity index (χ2v) is 6.47. The molecule has 2 fully saturated rings. The van der Waals surface area contributed by atoms with Gasteiger partial charge in [-0.3, -0.25) is 4.79 Å². The molecule has 7 nitrogen and oxygen atoms in total. The van der Waals surface area contributed by atoms with E-state index < -0.39 is 17.9 Å². The van der Waals surface area contributed by atoms with Crippen LogP contribution < -0.4 is 16.9 Å². The van der Waals surface area contributed by atoms with Gasteiger partial charge in [-0.2, -0.15) is 0 Å². The highest BCUT2D eigenvalue weighted by molar-refractivity contribution is 5.95. The molecule has 0 bridgehead atoms. The summed E-state index contributed by atoms with van der Waals surface area (Å²) in [6.45, 7) is 2.47. The molecular formula is C16H28N4O3. The number of carbonyl (C=O) groups excluding carboxylic acids is 2. The number of hydrazine groups is 1. The minimum atomic E-state index is -0.627. The molecular weight excluding hydrogens is 296 g/mol. The molecule has 0 unspecified atom stereocenters. The summed E-state index contributed by atoms with van der Waals surface area (Å²) < 4.78 is 4.92. The number of amides is 1. The van der Waals surface area contributed by atoms with Crippen molar-refractivity contribution in [3.63, 3.8) is 0 Å². The van der Waals surface area contributed by atoms with E-state index in [1.807, 2.05) is 6.92 Å². The average molecular weight is 324 g/mol. The summed E-state index contributed by atoms with van der Waals surface area (Å²) in [5.41, 5.74) is 5.72. The lowest BCUT2D eigenvalue weighted by atomic mass is 9.89. The van der Waals surface area contributed by atoms with Crippen LogP contribution in [-0.2, 0) is 14.3 Å². The van der Waals surface area contributed by atoms with Crippen LogP contribution in [0, 0.1) is 17.8 Å². The number of nitrogens with one attached hydrogen (secondary N) is 1. The first-order valence-corrected chi connectivity index (χ1v) is 8.36. The first kappa shape index (κ1) is 17.6. The third-order valence-electron chi connectivity index (χ3n) is 4.62. The van der Waals surface area contributed by atoms with Crippen LogP contribution in [0.5, 0.6) is 0 Å². The maximum absolute atomic E-state index is 12.5. The van der Waals surface area contributed by atoms with Gasteiger partial charge < -0.3 is 20.8 Å². The zero-order chi connectivity index (χ0) is 17.0. The van der Waals surface area contributed by atoms with E-state index in [4.69, 9.17) is 16.3 Å². The molecule has 0 saturated heterocycles. The van der Waals surface area contributed by atoms with Gasteiger partial charge >= 0.3 is 5.97 Å². The van der Waals surface area contributed by atoms with Gasteiger partial charge in [0, 0.05) is 12.7 Å². The first-order chi connectivity index (χ1) is 11.0. The number of carbonyl (C=O) groups is 2. The van der Waals surface area contributed by atoms with Gasteiger partial charge in [0.1, 0.15) is 11.7 Å². The summed E-state index contributed by atoms with van der Waals surface area (Å²) in [5, 5.41) is 4.13. The quantitative estimate of drug-likeness (QED) is 0.246. The first-order valence-electron chi connectivity index (χ1n) is 8.36. The van der Waals surface area contributed by atoms with Crippen molar-refractivity contribution in [3.8, 4) is 0 Å². The Kier molecular flexibility index (Phi) is 5.87. The number of nitrogens with two attached hydrogens (primary N) is 2. The van der Waals surface area contributed by atoms with Gasteiger partial charge in [0.05, 0.1) is 7.11 Å². The van der Waals surface area contributed by atoms with Crippen molar-refractivity contribution in [2.45, 2.75) is 45.1 Å². The van der Waals surface area contributed by atoms with Crippen LogP contribution >= 0.6 is 0 Å². The summed E-state index contributed by atoms with van der Waals surface area (Å²) in [5.74, 6) is 6.19. The molecule has 0 aromatic rings. The van der Waals surface area contributed by atoms with E-state index in [2.05, 4.69) is 5.32 Å². The highest BCUT2D eigenvalue weighted by Gasteiger charge is 2.48. The van der Waals surface area contributed by atoms with Crippen molar-refractivity contribution >= 4 is 11.9 Å². The van der Waals surface area contributed by atoms with Crippen LogP contribution in [0.1, 0.15) is 39.0 Å². The Balaban J connectivity index is 2.10. The molecule has 1 amide bonds. The summed E-state index contributed by atoms with van der Waals surface area (Å²) in [6.07, 6.45) is 6.43. The standard InChI is InChI=1S/C16H28N4O3/c1-3-8-20(18)12(9-17)15(21)19-14(16(22)23-2)13(10-4-5-10)11-6-7-11/h9-11,13-14H,3-8,17-18H2,1-2H3,(H,19,21)/b12-9-/t14-/m0/s1. The Hall–Kier alpha value is -1.76. The summed E-state index contributed by atoms with van der Waals surface area (Å²) in [6, 6.07) is -0.627. The molecule has 2 aliphatic rings. The predicted octanol–water partition coefficient (Wildman–Crippen LogP) is 0.466. The minimum Gasteiger partial charge on any atom is -0.467 e. The number of hydrogen-bond acceptors (Lipinski definition) is 6. The van der Waals surface area contributed by atoms with Crippen molar-refractivity contribution in [1.82, 2.24) is 10.3 Å². The molecule has 5 N–H and O–H groups in total. The SMILES string of the molecule is CCCN(N)/C(=C\N)C(=O)N[C@H](C(=O)OC)C(C1CC1)C1CC1. The highest BCUT2D eigenvalue weighted by atomic mass is 16.5. The largest absolute Gasteiger partial charge is 0.467 e. The smallest absolute Gasteiger partial charge is 0.328 e. The van der Waals surface area contributed by atoms with Crippen molar-refractivity contribution < 1.29 is 14.3 Å². The van der Waals surface area contributed by atoms with Gasteiger partial charge in [-0.05, 0) is 49.9 Å². The number of nitrogens with zero attached hydrogens (tertiary/aromatic N) is 1. The van der Waals surface area contributed by atoms with Crippen molar-refractivity contribution in [3.05, 3.63) is 11.9 Å². The summed E-state index contributed by atoms with van der Waals surface area (Å²) in [4.78, 5) is 24.8. The lowest BCUT2D eigenvalue weighted by molar-refractivity contribution is -0.147. The third-order valence-corrected chi connectivity index (χ3v) is 4.62. The third kappa shape index (κ3) is 4.37. The number of esters is 1. The monoisotopic (exact) mass is 324 g/mol. The fourth-order valence-electron chi connectivity index (χ4n) is 3.21. The Morgan fingerprint density at radius 3 is 2.26 bits per heavy atom. The molecule has 0 radical (unpaired) electrons. The van der Waals surface area contributed by atoms with Gasteiger partial charge in [0.25, 0.3) is 5.91 Å². The van der Waals surface area contributed by atoms with Gasteiger partial charge in [0.2, 0.25) is 0 Å². The van der Waals surface area contributed by atoms with Gasteiger partial charge in [0.15, 0.2) is 0 Å². The zero-order valence-electron chi connectivity index (χ0n) is 14.0. The number of ether oxygens (including phenoxy) is 1. The molecule has 23 heavy (non-hydrogen) atoms. The number of methoxy groups -OCH3 is 1. The Bertz CT molecular complexity index is 460. The van der Waals surface area contributed by atoms with E-state index in [-0.39, 0.29) is 11.6 Å². The second kappa shape index (κ2) is 7.68. The predicted molar refractivity (Wildman–Crippen MR) is 86.3 cm³/mol. The molecule has 0 heterocycles. The molecule has 2 rings (SSSR count). The number of hydrogen-bond donors (Lipinski definition) is 3. The molecule has 0 spiro atoms. The zero-order valence-corrected chi connectivity index (χ0v) is 14.0. The van der Waals surface area contributed by atoms with Crippen LogP contribution in [0.4, 0.5) is 0 Å². The Morgan fingerprint density at radius 1 is 1.30 bits per heavy atom. The van der Waals surface area contributed by atoms with Crippen LogP contribution in [0.15, 0.2) is 11.9 Å². The maximum Gasteiger partial charge on any atom is 0.328 e. The topological polar surface area (TPSA) is 111 Å². The minimum absolute atomic E-state index is 0.155. The highest BCUT2D eigenvalue weighted by Crippen LogP contribution is 2.50. The summed E-state index contributed by atoms with van der Waals surface area (Å²) >= 11 is 0. The van der Waals surface area contributed by atoms with Gasteiger partial charge in [-0.15, -0.1) is 0 Å². The van der Waals surface area contributed by atoms with E-state index >= 15 is 0 Å². The van der Waals surface area contributed by atoms with Crippen molar-refractivity contribution in [2.75, 3.05) is 13.7 Å². The fraction of sp³-hybridized carbons (Fsp3) is 0.750. The van der Waals surface area contributed by atoms with Crippen LogP contribution in [-0.4, -0.2) is 36.6 Å². The van der Waals surface area contributed by atoms with E-state index in [0.29, 0.717) is 18.4 Å². The van der Waals surface area contributed by atoms with Gasteiger partial charge in [-0.25, -0.2) is 10.6 Å². The van der Waals surface area contributed by atoms with Crippen molar-refractivity contribution in [2.24, 2.45) is 29.3 Å².